The van der Waals surface area contributed by atoms with E-state index in [1.807, 2.05) is 42.7 Å². The van der Waals surface area contributed by atoms with Gasteiger partial charge in [0.2, 0.25) is 5.91 Å². The van der Waals surface area contributed by atoms with Crippen molar-refractivity contribution in [3.05, 3.63) is 63.9 Å². The Labute approximate surface area is 194 Å². The van der Waals surface area contributed by atoms with Crippen LogP contribution in [0.2, 0.25) is 0 Å². The smallest absolute Gasteiger partial charge is 0.222 e. The van der Waals surface area contributed by atoms with E-state index >= 15 is 0 Å². The third kappa shape index (κ3) is 5.10. The number of carbonyl (C=O) groups excluding carboxylic acids is 1. The van der Waals surface area contributed by atoms with Crippen LogP contribution in [-0.2, 0) is 24.2 Å². The van der Waals surface area contributed by atoms with Crippen molar-refractivity contribution < 1.29 is 9.53 Å². The number of hydrogen-bond donors (Lipinski definition) is 2. The minimum Gasteiger partial charge on any atom is -0.494 e. The van der Waals surface area contributed by atoms with Gasteiger partial charge in [-0.15, -0.1) is 0 Å². The van der Waals surface area contributed by atoms with Crippen LogP contribution in [0.4, 0.5) is 0 Å². The predicted molar refractivity (Wildman–Crippen MR) is 128 cm³/mol. The second kappa shape index (κ2) is 10.1. The SMILES string of the molecule is CCOc1ccc(-c2n[nH]c(=S)n2CCC(=O)NC(C)c2ccc3c(c2)CCCC3)cc1. The second-order valence-corrected chi connectivity index (χ2v) is 8.62. The van der Waals surface area contributed by atoms with Crippen molar-refractivity contribution in [3.63, 3.8) is 0 Å². The minimum atomic E-state index is -0.0300. The summed E-state index contributed by atoms with van der Waals surface area (Å²) in [5.41, 5.74) is 4.96. The average molecular weight is 451 g/mol. The van der Waals surface area contributed by atoms with Gasteiger partial charge < -0.3 is 10.1 Å². The fourth-order valence-corrected chi connectivity index (χ4v) is 4.47. The van der Waals surface area contributed by atoms with E-state index in [2.05, 4.69) is 33.7 Å². The minimum absolute atomic E-state index is 0.00374. The normalized spacial score (nSPS) is 13.9. The summed E-state index contributed by atoms with van der Waals surface area (Å²) >= 11 is 5.40. The van der Waals surface area contributed by atoms with Crippen LogP contribution in [0, 0.1) is 4.77 Å². The van der Waals surface area contributed by atoms with Crippen LogP contribution in [0.25, 0.3) is 11.4 Å². The molecule has 1 aromatic heterocycles. The molecular weight excluding hydrogens is 420 g/mol. The molecule has 2 N–H and O–H groups in total. The monoisotopic (exact) mass is 450 g/mol. The lowest BCUT2D eigenvalue weighted by Gasteiger charge is -2.20. The van der Waals surface area contributed by atoms with Crippen molar-refractivity contribution in [1.82, 2.24) is 20.1 Å². The zero-order valence-corrected chi connectivity index (χ0v) is 19.5. The first kappa shape index (κ1) is 22.3. The molecule has 0 radical (unpaired) electrons. The van der Waals surface area contributed by atoms with Crippen LogP contribution in [0.3, 0.4) is 0 Å². The van der Waals surface area contributed by atoms with Crippen LogP contribution >= 0.6 is 12.2 Å². The number of benzene rings is 2. The number of aromatic amines is 1. The summed E-state index contributed by atoms with van der Waals surface area (Å²) in [4.78, 5) is 12.7. The summed E-state index contributed by atoms with van der Waals surface area (Å²) in [5, 5.41) is 10.3. The van der Waals surface area contributed by atoms with Crippen molar-refractivity contribution in [2.45, 2.75) is 58.5 Å². The van der Waals surface area contributed by atoms with E-state index in [0.717, 1.165) is 23.3 Å². The molecular formula is C25H30N4O2S. The molecule has 1 heterocycles. The molecule has 0 saturated heterocycles. The maximum atomic E-state index is 12.7. The molecule has 0 saturated carbocycles. The molecule has 4 rings (SSSR count). The van der Waals surface area contributed by atoms with E-state index in [0.29, 0.717) is 30.2 Å². The topological polar surface area (TPSA) is 71.9 Å². The van der Waals surface area contributed by atoms with E-state index in [1.165, 1.54) is 30.4 Å². The van der Waals surface area contributed by atoms with Crippen molar-refractivity contribution in [2.24, 2.45) is 0 Å². The molecule has 3 aromatic rings. The van der Waals surface area contributed by atoms with Crippen molar-refractivity contribution in [3.8, 4) is 17.1 Å². The van der Waals surface area contributed by atoms with Gasteiger partial charge >= 0.3 is 0 Å². The van der Waals surface area contributed by atoms with Gasteiger partial charge in [0.1, 0.15) is 5.75 Å². The van der Waals surface area contributed by atoms with Crippen LogP contribution in [0.5, 0.6) is 5.75 Å². The summed E-state index contributed by atoms with van der Waals surface area (Å²) in [6, 6.07) is 14.3. The highest BCUT2D eigenvalue weighted by molar-refractivity contribution is 7.71. The number of H-pyrrole nitrogens is 1. The Morgan fingerprint density at radius 3 is 2.69 bits per heavy atom. The quantitative estimate of drug-likeness (QED) is 0.466. The second-order valence-electron chi connectivity index (χ2n) is 8.24. The van der Waals surface area contributed by atoms with E-state index in [4.69, 9.17) is 17.0 Å². The fraction of sp³-hybridized carbons (Fsp3) is 0.400. The fourth-order valence-electron chi connectivity index (χ4n) is 4.25. The number of hydrogen-bond acceptors (Lipinski definition) is 4. The molecule has 7 heteroatoms. The Hall–Kier alpha value is -2.93. The highest BCUT2D eigenvalue weighted by Crippen LogP contribution is 2.25. The first-order valence-corrected chi connectivity index (χ1v) is 11.8. The van der Waals surface area contributed by atoms with Crippen molar-refractivity contribution in [2.75, 3.05) is 6.61 Å². The third-order valence-corrected chi connectivity index (χ3v) is 6.31. The molecule has 1 aliphatic carbocycles. The van der Waals surface area contributed by atoms with Gasteiger partial charge in [-0.3, -0.25) is 14.5 Å². The Morgan fingerprint density at radius 2 is 1.94 bits per heavy atom. The molecule has 168 valence electrons. The average Bonchev–Trinajstić information content (AvgIpc) is 3.18. The molecule has 1 unspecified atom stereocenters. The van der Waals surface area contributed by atoms with Crippen molar-refractivity contribution in [1.29, 1.82) is 0 Å². The lowest BCUT2D eigenvalue weighted by molar-refractivity contribution is -0.121. The standard InChI is InChI=1S/C25H30N4O2S/c1-3-31-22-12-10-19(11-13-22)24-27-28-25(32)29(24)15-14-23(30)26-17(2)20-9-8-18-6-4-5-7-21(18)16-20/h8-13,16-17H,3-7,14-15H2,1-2H3,(H,26,30)(H,28,32). The number of nitrogens with zero attached hydrogens (tertiary/aromatic N) is 2. The van der Waals surface area contributed by atoms with Gasteiger partial charge in [-0.2, -0.15) is 5.10 Å². The Bertz CT molecular complexity index is 1130. The Kier molecular flexibility index (Phi) is 7.05. The van der Waals surface area contributed by atoms with Crippen LogP contribution in [-0.4, -0.2) is 27.3 Å². The van der Waals surface area contributed by atoms with Gasteiger partial charge in [0.25, 0.3) is 0 Å². The molecule has 32 heavy (non-hydrogen) atoms. The number of amides is 1. The van der Waals surface area contributed by atoms with Crippen LogP contribution < -0.4 is 10.1 Å². The zero-order chi connectivity index (χ0) is 22.5. The maximum Gasteiger partial charge on any atom is 0.222 e. The largest absolute Gasteiger partial charge is 0.494 e. The number of ether oxygens (including phenoxy) is 1. The Balaban J connectivity index is 1.39. The van der Waals surface area contributed by atoms with Gasteiger partial charge in [0, 0.05) is 18.5 Å². The lowest BCUT2D eigenvalue weighted by atomic mass is 9.89. The number of aryl methyl sites for hydroxylation is 2. The Morgan fingerprint density at radius 1 is 1.19 bits per heavy atom. The number of aromatic nitrogens is 3. The number of fused-ring (bicyclic) bond motifs is 1. The number of rotatable bonds is 8. The highest BCUT2D eigenvalue weighted by atomic mass is 32.1. The molecule has 1 aliphatic rings. The summed E-state index contributed by atoms with van der Waals surface area (Å²) in [7, 11) is 0. The van der Waals surface area contributed by atoms with E-state index < -0.39 is 0 Å². The van der Waals surface area contributed by atoms with Gasteiger partial charge in [-0.25, -0.2) is 0 Å². The molecule has 0 spiro atoms. The van der Waals surface area contributed by atoms with Crippen molar-refractivity contribution >= 4 is 18.1 Å². The highest BCUT2D eigenvalue weighted by Gasteiger charge is 2.15. The molecule has 1 atom stereocenters. The molecule has 6 nitrogen and oxygen atoms in total. The summed E-state index contributed by atoms with van der Waals surface area (Å²) in [5.74, 6) is 1.53. The first-order chi connectivity index (χ1) is 15.5. The lowest BCUT2D eigenvalue weighted by Crippen LogP contribution is -2.27. The van der Waals surface area contributed by atoms with Crippen LogP contribution in [0.1, 0.15) is 55.8 Å². The summed E-state index contributed by atoms with van der Waals surface area (Å²) < 4.78 is 7.88. The van der Waals surface area contributed by atoms with Gasteiger partial charge in [-0.1, -0.05) is 18.2 Å². The van der Waals surface area contributed by atoms with Crippen LogP contribution in [0.15, 0.2) is 42.5 Å². The zero-order valence-electron chi connectivity index (χ0n) is 18.7. The summed E-state index contributed by atoms with van der Waals surface area (Å²) in [6.07, 6.45) is 5.15. The van der Waals surface area contributed by atoms with E-state index in [-0.39, 0.29) is 11.9 Å². The molecule has 2 aromatic carbocycles. The molecule has 0 aliphatic heterocycles. The summed E-state index contributed by atoms with van der Waals surface area (Å²) in [6.45, 7) is 5.07. The van der Waals surface area contributed by atoms with E-state index in [9.17, 15) is 4.79 Å². The molecule has 0 fully saturated rings. The number of carbonyl (C=O) groups is 1. The first-order valence-electron chi connectivity index (χ1n) is 11.3. The van der Waals surface area contributed by atoms with Gasteiger partial charge in [-0.05, 0) is 92.7 Å². The van der Waals surface area contributed by atoms with Gasteiger partial charge in [0.05, 0.1) is 12.6 Å². The van der Waals surface area contributed by atoms with Gasteiger partial charge in [0.15, 0.2) is 10.6 Å². The molecule has 0 bridgehead atoms. The predicted octanol–water partition coefficient (Wildman–Crippen LogP) is 5.15. The number of nitrogens with one attached hydrogen (secondary N) is 2. The molecule has 1 amide bonds. The third-order valence-electron chi connectivity index (χ3n) is 5.99. The van der Waals surface area contributed by atoms with E-state index in [1.54, 1.807) is 0 Å². The maximum absolute atomic E-state index is 12.7.